The maximum atomic E-state index is 12.4. The van der Waals surface area contributed by atoms with Crippen LogP contribution in [0.25, 0.3) is 0 Å². The number of benzene rings is 1. The number of rotatable bonds is 3. The van der Waals surface area contributed by atoms with E-state index in [1.54, 1.807) is 6.07 Å². The van der Waals surface area contributed by atoms with Crippen LogP contribution in [0.1, 0.15) is 24.1 Å². The van der Waals surface area contributed by atoms with E-state index in [0.29, 0.717) is 5.69 Å². The molecule has 6 heteroatoms. The van der Waals surface area contributed by atoms with Gasteiger partial charge in [0.2, 0.25) is 5.91 Å². The van der Waals surface area contributed by atoms with E-state index in [4.69, 9.17) is 0 Å². The van der Waals surface area contributed by atoms with E-state index in [1.165, 1.54) is 10.9 Å². The smallest absolute Gasteiger partial charge is 0.257 e. The summed E-state index contributed by atoms with van der Waals surface area (Å²) < 4.78 is 2.27. The number of nitrogens with one attached hydrogen (secondary N) is 1. The average molecular weight is 362 g/mol. The van der Waals surface area contributed by atoms with Crippen LogP contribution in [-0.2, 0) is 24.2 Å². The number of nitrogens with zero attached hydrogens (tertiary/aromatic N) is 2. The zero-order chi connectivity index (χ0) is 15.5. The molecule has 0 aliphatic heterocycles. The Balaban J connectivity index is 1.76. The number of fused-ring (bicyclic) bond motifs is 1. The highest BCUT2D eigenvalue weighted by molar-refractivity contribution is 9.10. The first-order valence-electron chi connectivity index (χ1n) is 7.26. The van der Waals surface area contributed by atoms with Gasteiger partial charge in [-0.1, -0.05) is 22.0 Å². The predicted molar refractivity (Wildman–Crippen MR) is 87.9 cm³/mol. The molecule has 0 saturated carbocycles. The van der Waals surface area contributed by atoms with Crippen molar-refractivity contribution in [3.05, 3.63) is 56.7 Å². The van der Waals surface area contributed by atoms with Gasteiger partial charge in [-0.15, -0.1) is 0 Å². The molecule has 1 amide bonds. The van der Waals surface area contributed by atoms with Crippen molar-refractivity contribution in [2.45, 2.75) is 32.2 Å². The molecule has 0 atom stereocenters. The maximum absolute atomic E-state index is 12.4. The normalized spacial score (nSPS) is 13.5. The number of aryl methyl sites for hydroxylation is 1. The second-order valence-corrected chi connectivity index (χ2v) is 6.28. The van der Waals surface area contributed by atoms with Crippen LogP contribution >= 0.6 is 15.9 Å². The number of hydrogen-bond donors (Lipinski definition) is 1. The summed E-state index contributed by atoms with van der Waals surface area (Å²) in [5.41, 5.74) is 2.26. The van der Waals surface area contributed by atoms with Gasteiger partial charge in [0.25, 0.3) is 5.56 Å². The van der Waals surface area contributed by atoms with Gasteiger partial charge in [0.1, 0.15) is 6.54 Å². The standard InChI is InChI=1S/C16H16BrN3O2/c17-11-4-3-5-12(8-11)19-15(21)9-20-10-18-14-7-2-1-6-13(14)16(20)22/h3-5,8,10H,1-2,6-7,9H2,(H,19,21). The molecule has 1 aromatic heterocycles. The van der Waals surface area contributed by atoms with Crippen LogP contribution in [0.3, 0.4) is 0 Å². The number of halogens is 1. The van der Waals surface area contributed by atoms with E-state index >= 15 is 0 Å². The number of anilines is 1. The maximum Gasteiger partial charge on any atom is 0.257 e. The van der Waals surface area contributed by atoms with Crippen LogP contribution in [0.15, 0.2) is 39.9 Å². The van der Waals surface area contributed by atoms with Crippen LogP contribution in [0, 0.1) is 0 Å². The minimum Gasteiger partial charge on any atom is -0.324 e. The molecule has 114 valence electrons. The second-order valence-electron chi connectivity index (χ2n) is 5.37. The summed E-state index contributed by atoms with van der Waals surface area (Å²) in [7, 11) is 0. The zero-order valence-corrected chi connectivity index (χ0v) is 13.6. The fourth-order valence-electron chi connectivity index (χ4n) is 2.66. The third-order valence-corrected chi connectivity index (χ3v) is 4.23. The molecule has 0 bridgehead atoms. The highest BCUT2D eigenvalue weighted by atomic mass is 79.9. The Morgan fingerprint density at radius 2 is 2.14 bits per heavy atom. The molecule has 1 N–H and O–H groups in total. The van der Waals surface area contributed by atoms with Crippen LogP contribution in [0.5, 0.6) is 0 Å². The second kappa shape index (κ2) is 6.44. The summed E-state index contributed by atoms with van der Waals surface area (Å²) >= 11 is 3.36. The SMILES string of the molecule is O=C(Cn1cnc2c(c1=O)CCCC2)Nc1cccc(Br)c1. The third-order valence-electron chi connectivity index (χ3n) is 3.73. The molecule has 0 saturated heterocycles. The Hall–Kier alpha value is -1.95. The monoisotopic (exact) mass is 361 g/mol. The summed E-state index contributed by atoms with van der Waals surface area (Å²) in [6.45, 7) is -0.0222. The average Bonchev–Trinajstić information content (AvgIpc) is 2.50. The molecule has 3 rings (SSSR count). The number of hydrogen-bond acceptors (Lipinski definition) is 3. The lowest BCUT2D eigenvalue weighted by Crippen LogP contribution is -2.32. The first kappa shape index (κ1) is 15.0. The van der Waals surface area contributed by atoms with Gasteiger partial charge in [-0.2, -0.15) is 0 Å². The van der Waals surface area contributed by atoms with Gasteiger partial charge in [-0.3, -0.25) is 14.2 Å². The van der Waals surface area contributed by atoms with Crippen LogP contribution in [0.2, 0.25) is 0 Å². The molecule has 22 heavy (non-hydrogen) atoms. The van der Waals surface area contributed by atoms with E-state index in [2.05, 4.69) is 26.2 Å². The van der Waals surface area contributed by atoms with Gasteiger partial charge in [0, 0.05) is 15.7 Å². The first-order valence-corrected chi connectivity index (χ1v) is 8.05. The Labute approximate surface area is 136 Å². The van der Waals surface area contributed by atoms with Crippen molar-refractivity contribution in [3.63, 3.8) is 0 Å². The highest BCUT2D eigenvalue weighted by Crippen LogP contribution is 2.16. The van der Waals surface area contributed by atoms with Crippen molar-refractivity contribution in [1.82, 2.24) is 9.55 Å². The van der Waals surface area contributed by atoms with Gasteiger partial charge >= 0.3 is 0 Å². The summed E-state index contributed by atoms with van der Waals surface area (Å²) in [4.78, 5) is 28.8. The fourth-order valence-corrected chi connectivity index (χ4v) is 3.06. The van der Waals surface area contributed by atoms with Gasteiger partial charge in [-0.25, -0.2) is 4.98 Å². The van der Waals surface area contributed by atoms with Crippen molar-refractivity contribution in [1.29, 1.82) is 0 Å². The van der Waals surface area contributed by atoms with E-state index in [9.17, 15) is 9.59 Å². The molecule has 0 radical (unpaired) electrons. The molecular weight excluding hydrogens is 346 g/mol. The summed E-state index contributed by atoms with van der Waals surface area (Å²) in [5.74, 6) is -0.238. The fraction of sp³-hybridized carbons (Fsp3) is 0.312. The molecule has 0 spiro atoms. The summed E-state index contributed by atoms with van der Waals surface area (Å²) in [5, 5.41) is 2.78. The molecule has 1 aromatic carbocycles. The van der Waals surface area contributed by atoms with E-state index in [-0.39, 0.29) is 18.0 Å². The van der Waals surface area contributed by atoms with Crippen molar-refractivity contribution in [2.24, 2.45) is 0 Å². The van der Waals surface area contributed by atoms with Crippen LogP contribution in [0.4, 0.5) is 5.69 Å². The van der Waals surface area contributed by atoms with Crippen LogP contribution in [-0.4, -0.2) is 15.5 Å². The quantitative estimate of drug-likeness (QED) is 0.913. The van der Waals surface area contributed by atoms with Gasteiger partial charge in [-0.05, 0) is 43.9 Å². The predicted octanol–water partition coefficient (Wildman–Crippen LogP) is 2.52. The zero-order valence-electron chi connectivity index (χ0n) is 12.0. The number of carbonyl (C=O) groups is 1. The van der Waals surface area contributed by atoms with E-state index in [0.717, 1.165) is 41.4 Å². The molecule has 0 fully saturated rings. The molecule has 1 aliphatic rings. The van der Waals surface area contributed by atoms with Crippen LogP contribution < -0.4 is 10.9 Å². The third kappa shape index (κ3) is 3.27. The highest BCUT2D eigenvalue weighted by Gasteiger charge is 2.16. The Bertz CT molecular complexity index is 770. The lowest BCUT2D eigenvalue weighted by molar-refractivity contribution is -0.116. The topological polar surface area (TPSA) is 64.0 Å². The van der Waals surface area contributed by atoms with Crippen molar-refractivity contribution in [3.8, 4) is 0 Å². The molecule has 5 nitrogen and oxygen atoms in total. The molecule has 1 aliphatic carbocycles. The van der Waals surface area contributed by atoms with Crippen molar-refractivity contribution >= 4 is 27.5 Å². The number of carbonyl (C=O) groups excluding carboxylic acids is 1. The van der Waals surface area contributed by atoms with Gasteiger partial charge in [0.05, 0.1) is 12.0 Å². The summed E-state index contributed by atoms with van der Waals surface area (Å²) in [6.07, 6.45) is 5.18. The largest absolute Gasteiger partial charge is 0.324 e. The number of amides is 1. The van der Waals surface area contributed by atoms with Crippen molar-refractivity contribution in [2.75, 3.05) is 5.32 Å². The van der Waals surface area contributed by atoms with Gasteiger partial charge < -0.3 is 5.32 Å². The lowest BCUT2D eigenvalue weighted by atomic mass is 9.97. The molecular formula is C16H16BrN3O2. The minimum atomic E-state index is -0.238. The number of aromatic nitrogens is 2. The first-order chi connectivity index (χ1) is 10.6. The minimum absolute atomic E-state index is 0.0222. The molecule has 2 aromatic rings. The Morgan fingerprint density at radius 3 is 2.95 bits per heavy atom. The van der Waals surface area contributed by atoms with Gasteiger partial charge in [0.15, 0.2) is 0 Å². The summed E-state index contributed by atoms with van der Waals surface area (Å²) in [6, 6.07) is 7.34. The van der Waals surface area contributed by atoms with Crippen molar-refractivity contribution < 1.29 is 4.79 Å². The van der Waals surface area contributed by atoms with E-state index in [1.807, 2.05) is 18.2 Å². The Kier molecular flexibility index (Phi) is 4.38. The molecule has 0 unspecified atom stereocenters. The molecule has 1 heterocycles. The Morgan fingerprint density at radius 1 is 1.32 bits per heavy atom. The lowest BCUT2D eigenvalue weighted by Gasteiger charge is -2.15. The van der Waals surface area contributed by atoms with E-state index < -0.39 is 0 Å².